The molecule has 0 radical (unpaired) electrons. The van der Waals surface area contributed by atoms with Gasteiger partial charge in [-0.1, -0.05) is 12.8 Å². The van der Waals surface area contributed by atoms with E-state index in [-0.39, 0.29) is 5.52 Å². The zero-order valence-electron chi connectivity index (χ0n) is 16.5. The van der Waals surface area contributed by atoms with Crippen LogP contribution in [0, 0.1) is 5.92 Å². The Morgan fingerprint density at radius 1 is 1.21 bits per heavy atom. The van der Waals surface area contributed by atoms with Gasteiger partial charge >= 0.3 is 6.18 Å². The first kappa shape index (κ1) is 20.2. The minimum Gasteiger partial charge on any atom is -0.610 e. The van der Waals surface area contributed by atoms with Crippen LogP contribution in [0.4, 0.5) is 13.2 Å². The number of imidazole rings is 2. The van der Waals surface area contributed by atoms with Gasteiger partial charge < -0.3 is 9.12 Å². The summed E-state index contributed by atoms with van der Waals surface area (Å²) in [6.07, 6.45) is 0.918. The highest BCUT2D eigenvalue weighted by atomic mass is 32.2. The van der Waals surface area contributed by atoms with Crippen LogP contribution >= 0.6 is 0 Å². The van der Waals surface area contributed by atoms with E-state index in [2.05, 4.69) is 9.97 Å². The summed E-state index contributed by atoms with van der Waals surface area (Å²) >= 11 is -1.29. The van der Waals surface area contributed by atoms with Crippen molar-refractivity contribution in [3.63, 3.8) is 0 Å². The predicted molar refractivity (Wildman–Crippen MR) is 104 cm³/mol. The summed E-state index contributed by atoms with van der Waals surface area (Å²) < 4.78 is 55.3. The van der Waals surface area contributed by atoms with Crippen molar-refractivity contribution in [2.45, 2.75) is 43.8 Å². The number of nitrogens with zero attached hydrogens (tertiary/aromatic N) is 5. The average Bonchev–Trinajstić information content (AvgIpc) is 3.37. The molecule has 0 aliphatic heterocycles. The molecule has 6 nitrogen and oxygen atoms in total. The fourth-order valence-corrected chi connectivity index (χ4v) is 4.53. The first-order valence-electron chi connectivity index (χ1n) is 9.54. The minimum atomic E-state index is -4.54. The fourth-order valence-electron chi connectivity index (χ4n) is 3.49. The third kappa shape index (κ3) is 3.75. The second-order valence-corrected chi connectivity index (χ2v) is 9.06. The summed E-state index contributed by atoms with van der Waals surface area (Å²) in [7, 11) is 3.55. The number of rotatable bonds is 6. The van der Waals surface area contributed by atoms with Gasteiger partial charge in [0, 0.05) is 31.7 Å². The van der Waals surface area contributed by atoms with Crippen molar-refractivity contribution in [1.29, 1.82) is 0 Å². The molecule has 4 rings (SSSR count). The first-order chi connectivity index (χ1) is 13.7. The fraction of sp³-hybridized carbons (Fsp3) is 0.526. The quantitative estimate of drug-likeness (QED) is 0.563. The highest BCUT2D eigenvalue weighted by molar-refractivity contribution is 7.91. The summed E-state index contributed by atoms with van der Waals surface area (Å²) in [4.78, 5) is 12.7. The summed E-state index contributed by atoms with van der Waals surface area (Å²) in [5.74, 6) is 2.37. The van der Waals surface area contributed by atoms with E-state index in [0.717, 1.165) is 30.7 Å². The van der Waals surface area contributed by atoms with Crippen LogP contribution in [-0.4, -0.2) is 34.4 Å². The monoisotopic (exact) mass is 425 g/mol. The molecular weight excluding hydrogens is 403 g/mol. The maximum atomic E-state index is 13.0. The molecular formula is C19H22F3N5OS. The van der Waals surface area contributed by atoms with Crippen molar-refractivity contribution in [1.82, 2.24) is 24.1 Å². The topological polar surface area (TPSA) is 71.6 Å². The molecule has 0 aromatic carbocycles. The van der Waals surface area contributed by atoms with Crippen LogP contribution in [0.25, 0.3) is 22.6 Å². The molecule has 10 heteroatoms. The number of hydrogen-bond acceptors (Lipinski definition) is 4. The van der Waals surface area contributed by atoms with Crippen molar-refractivity contribution in [3.05, 3.63) is 23.8 Å². The maximum Gasteiger partial charge on any atom is 0.433 e. The third-order valence-corrected chi connectivity index (χ3v) is 6.78. The molecule has 0 saturated heterocycles. The van der Waals surface area contributed by atoms with Crippen LogP contribution in [0.5, 0.6) is 0 Å². The van der Waals surface area contributed by atoms with Gasteiger partial charge in [0.15, 0.2) is 11.5 Å². The number of pyridine rings is 1. The van der Waals surface area contributed by atoms with Gasteiger partial charge in [0.05, 0.1) is 17.2 Å². The van der Waals surface area contributed by atoms with Crippen molar-refractivity contribution in [2.24, 2.45) is 20.0 Å². The molecule has 156 valence electrons. The van der Waals surface area contributed by atoms with E-state index >= 15 is 0 Å². The Morgan fingerprint density at radius 2 is 1.93 bits per heavy atom. The second kappa shape index (κ2) is 7.32. The van der Waals surface area contributed by atoms with E-state index in [1.54, 1.807) is 11.6 Å². The number of aryl methyl sites for hydroxylation is 2. The molecule has 0 bridgehead atoms. The normalized spacial score (nSPS) is 16.0. The van der Waals surface area contributed by atoms with E-state index in [4.69, 9.17) is 4.98 Å². The first-order valence-corrected chi connectivity index (χ1v) is 10.9. The molecule has 0 spiro atoms. The van der Waals surface area contributed by atoms with Gasteiger partial charge in [-0.2, -0.15) is 13.2 Å². The van der Waals surface area contributed by atoms with E-state index in [1.165, 1.54) is 19.0 Å². The summed E-state index contributed by atoms with van der Waals surface area (Å²) in [6, 6.07) is 0.937. The van der Waals surface area contributed by atoms with Gasteiger partial charge in [-0.25, -0.2) is 15.0 Å². The molecule has 0 N–H and O–H groups in total. The molecule has 29 heavy (non-hydrogen) atoms. The molecule has 1 saturated carbocycles. The Morgan fingerprint density at radius 3 is 2.55 bits per heavy atom. The molecule has 1 fully saturated rings. The molecule has 1 aliphatic rings. The lowest BCUT2D eigenvalue weighted by Crippen LogP contribution is -2.12. The molecule has 0 amide bonds. The van der Waals surface area contributed by atoms with Gasteiger partial charge in [-0.05, 0) is 25.3 Å². The number of halogens is 3. The molecule has 1 atom stereocenters. The van der Waals surface area contributed by atoms with Crippen LogP contribution in [-0.2, 0) is 37.9 Å². The highest BCUT2D eigenvalue weighted by Gasteiger charge is 2.34. The van der Waals surface area contributed by atoms with Gasteiger partial charge in [0.1, 0.15) is 17.3 Å². The average molecular weight is 425 g/mol. The zero-order chi connectivity index (χ0) is 20.9. The number of fused-ring (bicyclic) bond motifs is 1. The van der Waals surface area contributed by atoms with Crippen molar-refractivity contribution in [3.8, 4) is 11.5 Å². The lowest BCUT2D eigenvalue weighted by atomic mass is 10.2. The number of alkyl halides is 3. The number of aromatic nitrogens is 5. The van der Waals surface area contributed by atoms with Crippen LogP contribution in [0.3, 0.4) is 0 Å². The van der Waals surface area contributed by atoms with Crippen LogP contribution in [0.1, 0.15) is 37.7 Å². The smallest absolute Gasteiger partial charge is 0.433 e. The second-order valence-electron chi connectivity index (χ2n) is 7.41. The maximum absolute atomic E-state index is 13.0. The van der Waals surface area contributed by atoms with Gasteiger partial charge in [0.2, 0.25) is 0 Å². The molecule has 3 aromatic heterocycles. The Balaban J connectivity index is 1.82. The molecule has 1 unspecified atom stereocenters. The number of hydrogen-bond donors (Lipinski definition) is 0. The van der Waals surface area contributed by atoms with E-state index < -0.39 is 23.0 Å². The van der Waals surface area contributed by atoms with Crippen LogP contribution in [0.2, 0.25) is 0 Å². The largest absolute Gasteiger partial charge is 0.610 e. The van der Waals surface area contributed by atoms with Crippen LogP contribution < -0.4 is 0 Å². The van der Waals surface area contributed by atoms with Crippen molar-refractivity contribution >= 4 is 22.2 Å². The van der Waals surface area contributed by atoms with Gasteiger partial charge in [0.25, 0.3) is 5.03 Å². The summed E-state index contributed by atoms with van der Waals surface area (Å²) in [5.41, 5.74) is 0.124. The lowest BCUT2D eigenvalue weighted by Gasteiger charge is -2.10. The minimum absolute atomic E-state index is 0.184. The highest BCUT2D eigenvalue weighted by Crippen LogP contribution is 2.36. The Kier molecular flexibility index (Phi) is 5.10. The standard InChI is InChI=1S/C19H22F3N5OS/c1-4-29(28)18-16(25-15(27(18)3)8-7-11-5-6-11)17-24-12-9-14(19(20,21)22)23-10-13(12)26(17)2/h9-11H,4-8H2,1-3H3. The Bertz CT molecular complexity index is 1050. The summed E-state index contributed by atoms with van der Waals surface area (Å²) in [6.45, 7) is 1.82. The molecule has 3 aromatic rings. The zero-order valence-corrected chi connectivity index (χ0v) is 17.3. The Labute approximate surface area is 169 Å². The summed E-state index contributed by atoms with van der Waals surface area (Å²) in [5, 5.41) is 0.556. The van der Waals surface area contributed by atoms with E-state index in [1.807, 2.05) is 18.5 Å². The van der Waals surface area contributed by atoms with Crippen LogP contribution in [0.15, 0.2) is 17.3 Å². The Hall–Kier alpha value is -2.07. The SMILES string of the molecule is CC[S+]([O-])c1c(-c2nc3cc(C(F)(F)F)ncc3n2C)nc(CCC2CC2)n1C. The lowest BCUT2D eigenvalue weighted by molar-refractivity contribution is -0.141. The van der Waals surface area contributed by atoms with E-state index in [9.17, 15) is 17.7 Å². The van der Waals surface area contributed by atoms with E-state index in [0.29, 0.717) is 27.8 Å². The van der Waals surface area contributed by atoms with Crippen molar-refractivity contribution < 1.29 is 17.7 Å². The molecule has 3 heterocycles. The third-order valence-electron chi connectivity index (χ3n) is 5.36. The van der Waals surface area contributed by atoms with Crippen molar-refractivity contribution in [2.75, 3.05) is 5.75 Å². The van der Waals surface area contributed by atoms with Gasteiger partial charge in [-0.3, -0.25) is 4.57 Å². The van der Waals surface area contributed by atoms with Gasteiger partial charge in [-0.15, -0.1) is 0 Å². The predicted octanol–water partition coefficient (Wildman–Crippen LogP) is 3.86. The molecule has 1 aliphatic carbocycles.